The maximum atomic E-state index is 6.15. The van der Waals surface area contributed by atoms with E-state index in [1.807, 2.05) is 35.8 Å². The van der Waals surface area contributed by atoms with Crippen LogP contribution in [0.2, 0.25) is 15.5 Å². The summed E-state index contributed by atoms with van der Waals surface area (Å²) in [4.78, 5) is 12.2. The molecule has 0 bridgehead atoms. The fraction of sp³-hybridized carbons (Fsp3) is 0.154. The molecule has 3 aromatic rings. The number of nitrogens with zero attached hydrogens (tertiary/aromatic N) is 4. The van der Waals surface area contributed by atoms with E-state index in [4.69, 9.17) is 34.8 Å². The van der Waals surface area contributed by atoms with E-state index in [0.29, 0.717) is 21.3 Å². The van der Waals surface area contributed by atoms with Crippen LogP contribution in [-0.4, -0.2) is 19.5 Å². The Kier molecular flexibility index (Phi) is 3.54. The summed E-state index contributed by atoms with van der Waals surface area (Å²) >= 11 is 17.8. The van der Waals surface area contributed by atoms with Gasteiger partial charge >= 0.3 is 0 Å². The lowest BCUT2D eigenvalue weighted by atomic mass is 10.1. The van der Waals surface area contributed by atoms with Crippen molar-refractivity contribution < 1.29 is 0 Å². The average Bonchev–Trinajstić information content (AvgIpc) is 2.82. The minimum absolute atomic E-state index is 0.0274. The van der Waals surface area contributed by atoms with Crippen molar-refractivity contribution in [3.05, 3.63) is 51.6 Å². The number of rotatable bonds is 2. The van der Waals surface area contributed by atoms with Gasteiger partial charge in [-0.15, -0.1) is 0 Å². The first-order valence-corrected chi connectivity index (χ1v) is 7.00. The molecule has 20 heavy (non-hydrogen) atoms. The molecule has 3 rings (SSSR count). The topological polar surface area (TPSA) is 43.6 Å². The van der Waals surface area contributed by atoms with Crippen LogP contribution in [0.3, 0.4) is 0 Å². The van der Waals surface area contributed by atoms with Gasteiger partial charge in [0, 0.05) is 5.02 Å². The second kappa shape index (κ2) is 5.20. The first-order chi connectivity index (χ1) is 9.56. The highest BCUT2D eigenvalue weighted by molar-refractivity contribution is 6.35. The third kappa shape index (κ3) is 2.35. The Morgan fingerprint density at radius 2 is 1.75 bits per heavy atom. The highest BCUT2D eigenvalue weighted by Gasteiger charge is 2.16. The molecule has 0 spiro atoms. The standard InChI is InChI=1S/C13H9Cl3N4/c1-7(8-2-4-9(14)5-3-8)20-6-17-12-10(20)11(15)18-13(16)19-12/h2-7H,1H3. The predicted octanol–water partition coefficient (Wildman–Crippen LogP) is 4.40. The van der Waals surface area contributed by atoms with Gasteiger partial charge in [-0.25, -0.2) is 9.97 Å². The normalized spacial score (nSPS) is 12.8. The Bertz CT molecular complexity index is 767. The maximum absolute atomic E-state index is 6.15. The minimum Gasteiger partial charge on any atom is -0.319 e. The van der Waals surface area contributed by atoms with Gasteiger partial charge in [0.15, 0.2) is 10.8 Å². The van der Waals surface area contributed by atoms with Crippen LogP contribution < -0.4 is 0 Å². The van der Waals surface area contributed by atoms with Crippen LogP contribution >= 0.6 is 34.8 Å². The van der Waals surface area contributed by atoms with Crippen molar-refractivity contribution in [2.24, 2.45) is 0 Å². The van der Waals surface area contributed by atoms with Crippen LogP contribution in [0.15, 0.2) is 30.6 Å². The molecule has 0 radical (unpaired) electrons. The summed E-state index contributed by atoms with van der Waals surface area (Å²) in [6.07, 6.45) is 1.68. The summed E-state index contributed by atoms with van der Waals surface area (Å²) in [6, 6.07) is 7.65. The molecule has 0 aliphatic rings. The van der Waals surface area contributed by atoms with E-state index >= 15 is 0 Å². The van der Waals surface area contributed by atoms with E-state index in [2.05, 4.69) is 15.0 Å². The van der Waals surface area contributed by atoms with Crippen molar-refractivity contribution in [1.29, 1.82) is 0 Å². The third-order valence-corrected chi connectivity index (χ3v) is 3.81. The van der Waals surface area contributed by atoms with Crippen LogP contribution in [0, 0.1) is 0 Å². The highest BCUT2D eigenvalue weighted by atomic mass is 35.5. The van der Waals surface area contributed by atoms with Crippen LogP contribution in [0.25, 0.3) is 11.2 Å². The van der Waals surface area contributed by atoms with Gasteiger partial charge in [0.2, 0.25) is 5.28 Å². The number of hydrogen-bond acceptors (Lipinski definition) is 3. The molecule has 0 aliphatic carbocycles. The van der Waals surface area contributed by atoms with Gasteiger partial charge in [-0.1, -0.05) is 35.3 Å². The van der Waals surface area contributed by atoms with Crippen molar-refractivity contribution in [3.8, 4) is 0 Å². The van der Waals surface area contributed by atoms with Crippen LogP contribution in [0.4, 0.5) is 0 Å². The summed E-state index contributed by atoms with van der Waals surface area (Å²) in [5.41, 5.74) is 2.23. The molecule has 1 unspecified atom stereocenters. The zero-order valence-corrected chi connectivity index (χ0v) is 12.7. The molecule has 0 saturated carbocycles. The number of benzene rings is 1. The van der Waals surface area contributed by atoms with Gasteiger partial charge in [-0.2, -0.15) is 4.98 Å². The predicted molar refractivity (Wildman–Crippen MR) is 80.6 cm³/mol. The van der Waals surface area contributed by atoms with Crippen molar-refractivity contribution in [3.63, 3.8) is 0 Å². The number of aromatic nitrogens is 4. The number of hydrogen-bond donors (Lipinski definition) is 0. The lowest BCUT2D eigenvalue weighted by Gasteiger charge is -2.15. The second-order valence-electron chi connectivity index (χ2n) is 4.34. The fourth-order valence-electron chi connectivity index (χ4n) is 2.07. The van der Waals surface area contributed by atoms with Gasteiger partial charge in [0.25, 0.3) is 0 Å². The summed E-state index contributed by atoms with van der Waals surface area (Å²) in [6.45, 7) is 2.04. The maximum Gasteiger partial charge on any atom is 0.225 e. The monoisotopic (exact) mass is 326 g/mol. The molecule has 7 heteroatoms. The Hall–Kier alpha value is -1.36. The van der Waals surface area contributed by atoms with Crippen LogP contribution in [0.5, 0.6) is 0 Å². The molecule has 1 aromatic carbocycles. The first-order valence-electron chi connectivity index (χ1n) is 5.87. The molecule has 2 heterocycles. The van der Waals surface area contributed by atoms with Crippen LogP contribution in [-0.2, 0) is 0 Å². The molecule has 0 saturated heterocycles. The number of imidazole rings is 1. The molecular formula is C13H9Cl3N4. The fourth-order valence-corrected chi connectivity index (χ4v) is 2.67. The molecule has 1 atom stereocenters. The zero-order chi connectivity index (χ0) is 14.3. The summed E-state index contributed by atoms with van der Waals surface area (Å²) in [5.74, 6) is 0. The Labute approximate surface area is 130 Å². The first kappa shape index (κ1) is 13.6. The number of halogens is 3. The second-order valence-corrected chi connectivity index (χ2v) is 5.47. The molecule has 0 N–H and O–H groups in total. The molecular weight excluding hydrogens is 319 g/mol. The van der Waals surface area contributed by atoms with Crippen molar-refractivity contribution in [2.75, 3.05) is 0 Å². The van der Waals surface area contributed by atoms with E-state index in [-0.39, 0.29) is 11.3 Å². The van der Waals surface area contributed by atoms with Crippen molar-refractivity contribution >= 4 is 46.0 Å². The minimum atomic E-state index is 0.0274. The van der Waals surface area contributed by atoms with Crippen LogP contribution in [0.1, 0.15) is 18.5 Å². The largest absolute Gasteiger partial charge is 0.319 e. The smallest absolute Gasteiger partial charge is 0.225 e. The summed E-state index contributed by atoms with van der Waals surface area (Å²) in [5, 5.41) is 1.08. The Balaban J connectivity index is 2.12. The van der Waals surface area contributed by atoms with E-state index in [1.54, 1.807) is 6.33 Å². The van der Waals surface area contributed by atoms with E-state index < -0.39 is 0 Å². The molecule has 0 fully saturated rings. The van der Waals surface area contributed by atoms with Crippen molar-refractivity contribution in [1.82, 2.24) is 19.5 Å². The molecule has 0 aliphatic heterocycles. The summed E-state index contributed by atoms with van der Waals surface area (Å²) in [7, 11) is 0. The molecule has 4 nitrogen and oxygen atoms in total. The van der Waals surface area contributed by atoms with Gasteiger partial charge < -0.3 is 4.57 Å². The SMILES string of the molecule is CC(c1ccc(Cl)cc1)n1cnc2nc(Cl)nc(Cl)c21. The van der Waals surface area contributed by atoms with Gasteiger partial charge in [-0.05, 0) is 36.2 Å². The van der Waals surface area contributed by atoms with Gasteiger partial charge in [-0.3, -0.25) is 0 Å². The quantitative estimate of drug-likeness (QED) is 0.518. The zero-order valence-electron chi connectivity index (χ0n) is 10.4. The number of fused-ring (bicyclic) bond motifs is 1. The van der Waals surface area contributed by atoms with Gasteiger partial charge in [0.05, 0.1) is 12.4 Å². The lowest BCUT2D eigenvalue weighted by Crippen LogP contribution is -2.06. The highest BCUT2D eigenvalue weighted by Crippen LogP contribution is 2.27. The van der Waals surface area contributed by atoms with E-state index in [9.17, 15) is 0 Å². The lowest BCUT2D eigenvalue weighted by molar-refractivity contribution is 0.657. The van der Waals surface area contributed by atoms with Crippen molar-refractivity contribution in [2.45, 2.75) is 13.0 Å². The Morgan fingerprint density at radius 3 is 2.45 bits per heavy atom. The molecule has 102 valence electrons. The average molecular weight is 328 g/mol. The summed E-state index contributed by atoms with van der Waals surface area (Å²) < 4.78 is 1.91. The third-order valence-electron chi connectivity index (χ3n) is 3.13. The van der Waals surface area contributed by atoms with E-state index in [1.165, 1.54) is 0 Å². The Morgan fingerprint density at radius 1 is 1.05 bits per heavy atom. The molecule has 2 aromatic heterocycles. The van der Waals surface area contributed by atoms with Gasteiger partial charge in [0.1, 0.15) is 5.52 Å². The molecule has 0 amide bonds. The van der Waals surface area contributed by atoms with E-state index in [0.717, 1.165) is 5.56 Å².